The minimum Gasteiger partial charge on any atom is -0.418 e. The fraction of sp³-hybridized carbons (Fsp3) is 0.118. The largest absolute Gasteiger partial charge is 0.418 e. The van der Waals surface area contributed by atoms with Crippen molar-refractivity contribution in [3.8, 4) is 11.5 Å². The van der Waals surface area contributed by atoms with Gasteiger partial charge < -0.3 is 18.7 Å². The molecule has 0 aromatic heterocycles. The highest BCUT2D eigenvalue weighted by Crippen LogP contribution is 2.29. The lowest BCUT2D eigenvalue weighted by molar-refractivity contribution is 0.399. The second-order valence-electron chi connectivity index (χ2n) is 8.81. The third-order valence-electron chi connectivity index (χ3n) is 5.33. The fourth-order valence-electron chi connectivity index (χ4n) is 3.74. The summed E-state index contributed by atoms with van der Waals surface area (Å²) in [4.78, 5) is 0. The molecule has 0 atom stereocenters. The van der Waals surface area contributed by atoms with Gasteiger partial charge in [0.05, 0.1) is 0 Å². The Hall–Kier alpha value is -3.88. The molecule has 0 aliphatic rings. The number of benzene rings is 5. The van der Waals surface area contributed by atoms with Gasteiger partial charge in [0.2, 0.25) is 0 Å². The summed E-state index contributed by atoms with van der Waals surface area (Å²) in [6, 6.07) is 43.7. The van der Waals surface area contributed by atoms with Gasteiger partial charge in [-0.2, -0.15) is 0 Å². The van der Waals surface area contributed by atoms with Gasteiger partial charge in [0.15, 0.2) is 0 Å². The van der Waals surface area contributed by atoms with Gasteiger partial charge in [-0.1, -0.05) is 132 Å². The summed E-state index contributed by atoms with van der Waals surface area (Å²) in [6.07, 6.45) is 0. The molecule has 7 heteroatoms. The van der Waals surface area contributed by atoms with Crippen molar-refractivity contribution in [3.05, 3.63) is 156 Å². The molecular formula is C34H38O5P2. The zero-order valence-corrected chi connectivity index (χ0v) is 25.9. The van der Waals surface area contributed by atoms with Crippen LogP contribution in [-0.2, 0) is 9.13 Å². The lowest BCUT2D eigenvalue weighted by Crippen LogP contribution is -2.04. The monoisotopic (exact) mass is 588 g/mol. The van der Waals surface area contributed by atoms with Crippen LogP contribution in [-0.4, -0.2) is 12.2 Å². The van der Waals surface area contributed by atoms with Gasteiger partial charge in [-0.15, -0.1) is 0 Å². The van der Waals surface area contributed by atoms with Crippen LogP contribution in [0.4, 0.5) is 0 Å². The molecule has 0 unspecified atom stereocenters. The lowest BCUT2D eigenvalue weighted by Gasteiger charge is -2.07. The van der Waals surface area contributed by atoms with Crippen molar-refractivity contribution < 1.29 is 23.3 Å². The second-order valence-corrected chi connectivity index (χ2v) is 11.5. The van der Waals surface area contributed by atoms with Gasteiger partial charge in [-0.05, 0) is 45.0 Å². The molecule has 5 aromatic carbocycles. The van der Waals surface area contributed by atoms with E-state index in [9.17, 15) is 9.13 Å². The molecule has 0 heterocycles. The van der Waals surface area contributed by atoms with E-state index >= 15 is 0 Å². The smallest absolute Gasteiger partial charge is 0.418 e. The Kier molecular flexibility index (Phi) is 15.6. The number of aliphatic hydroxyl groups excluding tert-OH is 1. The molecule has 0 saturated heterocycles. The SMILES string of the molecule is CO.Cc1cc(C)cc(C)c1.O=[PH](Oc1ccccc1)Oc1ccccc1.O=[PH](c1ccccc1)c1ccccc1. The van der Waals surface area contributed by atoms with Crippen molar-refractivity contribution in [2.45, 2.75) is 20.8 Å². The van der Waals surface area contributed by atoms with E-state index < -0.39 is 16.1 Å². The quantitative estimate of drug-likeness (QED) is 0.204. The number of aryl methyl sites for hydroxylation is 3. The van der Waals surface area contributed by atoms with E-state index in [1.54, 1.807) is 24.3 Å². The lowest BCUT2D eigenvalue weighted by atomic mass is 10.1. The standard InChI is InChI=1S/C12H11O3P.C12H11OP.C9H12.CH4O/c13-16(14-11-7-3-1-4-8-11)15-12-9-5-2-6-10-12;13-14(11-7-3-1-4-8-11)12-9-5-2-6-10-12;1-7-4-8(2)6-9(3)5-7;1-2/h1-10,16H;1-10,14H;4-6H,1-3H3;2H,1H3. The van der Waals surface area contributed by atoms with E-state index in [2.05, 4.69) is 39.0 Å². The van der Waals surface area contributed by atoms with Crippen LogP contribution in [0.25, 0.3) is 0 Å². The number of hydrogen-bond donors (Lipinski definition) is 1. The Morgan fingerprint density at radius 2 is 0.732 bits per heavy atom. The number of rotatable bonds is 6. The number of aliphatic hydroxyl groups is 1. The van der Waals surface area contributed by atoms with Crippen molar-refractivity contribution in [2.75, 3.05) is 7.11 Å². The van der Waals surface area contributed by atoms with Crippen molar-refractivity contribution in [1.82, 2.24) is 0 Å². The maximum Gasteiger partial charge on any atom is 0.418 e. The van der Waals surface area contributed by atoms with Crippen LogP contribution in [0.15, 0.2) is 140 Å². The Balaban J connectivity index is 0.000000216. The third-order valence-corrected chi connectivity index (χ3v) is 7.85. The van der Waals surface area contributed by atoms with Crippen molar-refractivity contribution in [3.63, 3.8) is 0 Å². The fourth-order valence-corrected chi connectivity index (χ4v) is 5.76. The zero-order chi connectivity index (χ0) is 29.9. The van der Waals surface area contributed by atoms with Gasteiger partial charge >= 0.3 is 8.25 Å². The first-order valence-electron chi connectivity index (χ1n) is 13.0. The molecule has 0 spiro atoms. The Bertz CT molecular complexity index is 1310. The average Bonchev–Trinajstić information content (AvgIpc) is 3.00. The minimum absolute atomic E-state index is 0.544. The van der Waals surface area contributed by atoms with E-state index in [1.165, 1.54) is 16.7 Å². The van der Waals surface area contributed by atoms with Crippen molar-refractivity contribution in [2.24, 2.45) is 0 Å². The first kappa shape index (κ1) is 33.3. The predicted molar refractivity (Wildman–Crippen MR) is 173 cm³/mol. The molecule has 1 N–H and O–H groups in total. The highest BCUT2D eigenvalue weighted by atomic mass is 31.1. The Labute approximate surface area is 245 Å². The summed E-state index contributed by atoms with van der Waals surface area (Å²) in [5, 5.41) is 8.84. The number of hydrogen-bond acceptors (Lipinski definition) is 5. The van der Waals surface area contributed by atoms with E-state index in [4.69, 9.17) is 14.2 Å². The summed E-state index contributed by atoms with van der Waals surface area (Å²) < 4.78 is 33.8. The van der Waals surface area contributed by atoms with E-state index in [1.807, 2.05) is 97.1 Å². The summed E-state index contributed by atoms with van der Waals surface area (Å²) in [5.41, 5.74) is 4.06. The van der Waals surface area contributed by atoms with Crippen LogP contribution in [0.1, 0.15) is 16.7 Å². The van der Waals surface area contributed by atoms with E-state index in [0.29, 0.717) is 11.5 Å². The molecule has 41 heavy (non-hydrogen) atoms. The normalized spacial score (nSPS) is 9.73. The Morgan fingerprint density at radius 1 is 0.463 bits per heavy atom. The summed E-state index contributed by atoms with van der Waals surface area (Å²) >= 11 is 0. The van der Waals surface area contributed by atoms with Crippen molar-refractivity contribution in [1.29, 1.82) is 0 Å². The van der Waals surface area contributed by atoms with Gasteiger partial charge in [-0.3, -0.25) is 0 Å². The van der Waals surface area contributed by atoms with E-state index in [0.717, 1.165) is 17.7 Å². The molecule has 0 saturated carbocycles. The van der Waals surface area contributed by atoms with Crippen LogP contribution >= 0.6 is 16.1 Å². The van der Waals surface area contributed by atoms with Crippen LogP contribution in [0, 0.1) is 20.8 Å². The maximum atomic E-state index is 12.0. The summed E-state index contributed by atoms with van der Waals surface area (Å²) in [6.45, 7) is 6.38. The molecule has 0 bridgehead atoms. The van der Waals surface area contributed by atoms with Gasteiger partial charge in [0.1, 0.15) is 19.3 Å². The van der Waals surface area contributed by atoms with Crippen LogP contribution < -0.4 is 19.7 Å². The molecule has 214 valence electrons. The van der Waals surface area contributed by atoms with Gasteiger partial charge in [0.25, 0.3) is 0 Å². The molecule has 5 nitrogen and oxygen atoms in total. The molecule has 0 amide bonds. The zero-order valence-electron chi connectivity index (χ0n) is 23.9. The molecular weight excluding hydrogens is 550 g/mol. The maximum absolute atomic E-state index is 12.0. The molecule has 0 aliphatic carbocycles. The highest BCUT2D eigenvalue weighted by Gasteiger charge is 2.04. The summed E-state index contributed by atoms with van der Waals surface area (Å²) in [5.74, 6) is 1.09. The van der Waals surface area contributed by atoms with Gasteiger partial charge in [0, 0.05) is 17.7 Å². The first-order chi connectivity index (χ1) is 19.9. The van der Waals surface area contributed by atoms with Crippen molar-refractivity contribution >= 4 is 26.7 Å². The number of para-hydroxylation sites is 2. The van der Waals surface area contributed by atoms with E-state index in [-0.39, 0.29) is 0 Å². The third kappa shape index (κ3) is 13.4. The molecule has 0 radical (unpaired) electrons. The average molecular weight is 589 g/mol. The highest BCUT2D eigenvalue weighted by molar-refractivity contribution is 7.61. The van der Waals surface area contributed by atoms with Crippen LogP contribution in [0.2, 0.25) is 0 Å². The first-order valence-corrected chi connectivity index (χ1v) is 15.7. The predicted octanol–water partition coefficient (Wildman–Crippen LogP) is 7.95. The summed E-state index contributed by atoms with van der Waals surface area (Å²) in [7, 11) is -3.34. The molecule has 5 rings (SSSR count). The topological polar surface area (TPSA) is 72.8 Å². The minimum atomic E-state index is -2.54. The second kappa shape index (κ2) is 19.2. The van der Waals surface area contributed by atoms with Crippen LogP contribution in [0.5, 0.6) is 11.5 Å². The Morgan fingerprint density at radius 3 is 1.02 bits per heavy atom. The molecule has 0 fully saturated rings. The van der Waals surface area contributed by atoms with Gasteiger partial charge in [-0.25, -0.2) is 4.57 Å². The molecule has 0 aliphatic heterocycles. The van der Waals surface area contributed by atoms with Crippen LogP contribution in [0.3, 0.4) is 0 Å². The molecule has 5 aromatic rings.